The van der Waals surface area contributed by atoms with Gasteiger partial charge < -0.3 is 19.5 Å². The normalized spacial score (nSPS) is 17.2. The molecule has 3 aromatic heterocycles. The van der Waals surface area contributed by atoms with Crippen LogP contribution in [0.5, 0.6) is 0 Å². The van der Waals surface area contributed by atoms with Gasteiger partial charge in [0.2, 0.25) is 0 Å². The van der Waals surface area contributed by atoms with Crippen molar-refractivity contribution < 1.29 is 9.53 Å². The molecule has 8 heteroatoms. The molecule has 0 amide bonds. The highest BCUT2D eigenvalue weighted by Crippen LogP contribution is 2.42. The molecular formula is C28H27N5O2S. The van der Waals surface area contributed by atoms with E-state index >= 15 is 0 Å². The molecule has 1 saturated heterocycles. The molecule has 0 unspecified atom stereocenters. The third kappa shape index (κ3) is 4.35. The molecule has 4 heterocycles. The predicted octanol–water partition coefficient (Wildman–Crippen LogP) is 4.84. The van der Waals surface area contributed by atoms with Crippen LogP contribution in [0.2, 0.25) is 0 Å². The van der Waals surface area contributed by atoms with Gasteiger partial charge in [0.15, 0.2) is 5.11 Å². The molecule has 1 fully saturated rings. The second-order valence-electron chi connectivity index (χ2n) is 8.82. The van der Waals surface area contributed by atoms with Crippen LogP contribution in [0.25, 0.3) is 5.69 Å². The lowest BCUT2D eigenvalue weighted by molar-refractivity contribution is 0.0600. The Morgan fingerprint density at radius 2 is 1.94 bits per heavy atom. The molecule has 0 saturated carbocycles. The smallest absolute Gasteiger partial charge is 0.337 e. The highest BCUT2D eigenvalue weighted by molar-refractivity contribution is 7.80. The van der Waals surface area contributed by atoms with Crippen molar-refractivity contribution in [2.75, 3.05) is 7.11 Å². The number of benzene rings is 1. The molecule has 1 N–H and O–H groups in total. The van der Waals surface area contributed by atoms with Crippen LogP contribution in [-0.4, -0.2) is 37.6 Å². The fourth-order valence-corrected chi connectivity index (χ4v) is 5.28. The van der Waals surface area contributed by atoms with Crippen molar-refractivity contribution in [1.29, 1.82) is 0 Å². The molecule has 182 valence electrons. The number of aryl methyl sites for hydroxylation is 1. The van der Waals surface area contributed by atoms with Crippen molar-refractivity contribution in [3.05, 3.63) is 113 Å². The van der Waals surface area contributed by atoms with Crippen LogP contribution in [0.1, 0.15) is 50.7 Å². The molecule has 0 radical (unpaired) electrons. The Hall–Kier alpha value is -4.04. The number of methoxy groups -OCH3 is 1. The maximum absolute atomic E-state index is 12.2. The minimum Gasteiger partial charge on any atom is -0.465 e. The third-order valence-corrected chi connectivity index (χ3v) is 6.94. The van der Waals surface area contributed by atoms with E-state index in [1.165, 1.54) is 7.11 Å². The fourth-order valence-electron chi connectivity index (χ4n) is 4.98. The van der Waals surface area contributed by atoms with E-state index in [0.717, 1.165) is 33.9 Å². The fraction of sp³-hybridized carbons (Fsp3) is 0.214. The van der Waals surface area contributed by atoms with Crippen molar-refractivity contribution >= 4 is 23.3 Å². The number of hydrogen-bond acceptors (Lipinski definition) is 5. The summed E-state index contributed by atoms with van der Waals surface area (Å²) in [6.45, 7) is 4.80. The maximum atomic E-state index is 12.2. The van der Waals surface area contributed by atoms with E-state index in [4.69, 9.17) is 17.0 Å². The number of ether oxygens (including phenoxy) is 1. The average molecular weight is 498 g/mol. The minimum atomic E-state index is -0.359. The van der Waals surface area contributed by atoms with Crippen molar-refractivity contribution in [2.24, 2.45) is 0 Å². The van der Waals surface area contributed by atoms with E-state index < -0.39 is 0 Å². The standard InChI is InChI=1S/C28H27N5O2S/c1-18-14-23(19(2)33(18)22-10-6-9-21(15-22)27(34)35-3)26-25(24-11-4-5-13-30-24)31-28(36)32(26)17-20-8-7-12-29-16-20/h4-16,25-26H,17H2,1-3H3,(H,31,36)/t25-,26+/m1/s1. The summed E-state index contributed by atoms with van der Waals surface area (Å²) in [5, 5.41) is 4.20. The molecule has 0 aliphatic carbocycles. The second kappa shape index (κ2) is 9.91. The summed E-state index contributed by atoms with van der Waals surface area (Å²) < 4.78 is 7.10. The number of thiocarbonyl (C=S) groups is 1. The van der Waals surface area contributed by atoms with Gasteiger partial charge in [0.25, 0.3) is 0 Å². The number of carbonyl (C=O) groups excluding carboxylic acids is 1. The molecule has 7 nitrogen and oxygen atoms in total. The van der Waals surface area contributed by atoms with Crippen LogP contribution in [0.3, 0.4) is 0 Å². The van der Waals surface area contributed by atoms with Crippen molar-refractivity contribution in [1.82, 2.24) is 24.8 Å². The lowest BCUT2D eigenvalue weighted by atomic mass is 9.96. The molecule has 4 aromatic rings. The molecule has 36 heavy (non-hydrogen) atoms. The molecule has 1 aromatic carbocycles. The van der Waals surface area contributed by atoms with Gasteiger partial charge in [-0.3, -0.25) is 9.97 Å². The Morgan fingerprint density at radius 1 is 1.08 bits per heavy atom. The lowest BCUT2D eigenvalue weighted by Gasteiger charge is -2.28. The molecule has 5 rings (SSSR count). The number of nitrogens with one attached hydrogen (secondary N) is 1. The van der Waals surface area contributed by atoms with Crippen LogP contribution in [-0.2, 0) is 11.3 Å². The Labute approximate surface area is 215 Å². The van der Waals surface area contributed by atoms with Gasteiger partial charge in [-0.1, -0.05) is 18.2 Å². The Bertz CT molecular complexity index is 1400. The minimum absolute atomic E-state index is 0.0867. The molecule has 1 aliphatic heterocycles. The van der Waals surface area contributed by atoms with Crippen LogP contribution >= 0.6 is 12.2 Å². The summed E-state index contributed by atoms with van der Waals surface area (Å²) in [6.07, 6.45) is 5.45. The quantitative estimate of drug-likeness (QED) is 0.302. The van der Waals surface area contributed by atoms with Crippen molar-refractivity contribution in [2.45, 2.75) is 32.5 Å². The zero-order chi connectivity index (χ0) is 25.2. The van der Waals surface area contributed by atoms with Gasteiger partial charge >= 0.3 is 5.97 Å². The van der Waals surface area contributed by atoms with Crippen molar-refractivity contribution in [3.8, 4) is 5.69 Å². The summed E-state index contributed by atoms with van der Waals surface area (Å²) in [4.78, 5) is 23.3. The highest BCUT2D eigenvalue weighted by Gasteiger charge is 2.41. The summed E-state index contributed by atoms with van der Waals surface area (Å²) in [5.74, 6) is -0.359. The van der Waals surface area contributed by atoms with Gasteiger partial charge in [-0.15, -0.1) is 0 Å². The SMILES string of the molecule is COC(=O)c1cccc(-n2c(C)cc([C@H]3[C@@H](c4ccccn4)NC(=S)N3Cc3cccnc3)c2C)c1. The molecular weight excluding hydrogens is 470 g/mol. The summed E-state index contributed by atoms with van der Waals surface area (Å²) in [6, 6.07) is 19.4. The maximum Gasteiger partial charge on any atom is 0.337 e. The Balaban J connectivity index is 1.61. The molecule has 0 bridgehead atoms. The summed E-state index contributed by atoms with van der Waals surface area (Å²) in [5.41, 5.74) is 6.69. The van der Waals surface area contributed by atoms with E-state index in [9.17, 15) is 4.79 Å². The first-order valence-electron chi connectivity index (χ1n) is 11.7. The van der Waals surface area contributed by atoms with Gasteiger partial charge in [0, 0.05) is 42.2 Å². The number of carbonyl (C=O) groups is 1. The second-order valence-corrected chi connectivity index (χ2v) is 9.21. The zero-order valence-corrected chi connectivity index (χ0v) is 21.2. The lowest BCUT2D eigenvalue weighted by Crippen LogP contribution is -2.29. The number of aromatic nitrogens is 3. The van der Waals surface area contributed by atoms with E-state index in [0.29, 0.717) is 17.2 Å². The first kappa shape index (κ1) is 23.7. The Morgan fingerprint density at radius 3 is 2.67 bits per heavy atom. The van der Waals surface area contributed by atoms with Crippen molar-refractivity contribution in [3.63, 3.8) is 0 Å². The Kier molecular flexibility index (Phi) is 6.52. The van der Waals surface area contributed by atoms with E-state index in [1.54, 1.807) is 12.3 Å². The number of esters is 1. The molecule has 1 aliphatic rings. The average Bonchev–Trinajstić information content (AvgIpc) is 3.39. The van der Waals surface area contributed by atoms with Gasteiger partial charge in [0.05, 0.1) is 30.5 Å². The number of rotatable bonds is 6. The van der Waals surface area contributed by atoms with E-state index in [1.807, 2.05) is 54.9 Å². The van der Waals surface area contributed by atoms with Gasteiger partial charge in [-0.2, -0.15) is 0 Å². The third-order valence-electron chi connectivity index (χ3n) is 6.59. The van der Waals surface area contributed by atoms with Gasteiger partial charge in [-0.05, 0) is 79.7 Å². The number of nitrogens with zero attached hydrogens (tertiary/aromatic N) is 4. The molecule has 2 atom stereocenters. The highest BCUT2D eigenvalue weighted by atomic mass is 32.1. The predicted molar refractivity (Wildman–Crippen MR) is 142 cm³/mol. The van der Waals surface area contributed by atoms with E-state index in [-0.39, 0.29) is 18.1 Å². The topological polar surface area (TPSA) is 72.3 Å². The number of hydrogen-bond donors (Lipinski definition) is 1. The van der Waals surface area contributed by atoms with Gasteiger partial charge in [0.1, 0.15) is 0 Å². The van der Waals surface area contributed by atoms with Crippen LogP contribution in [0, 0.1) is 13.8 Å². The van der Waals surface area contributed by atoms with Crippen LogP contribution < -0.4 is 5.32 Å². The van der Waals surface area contributed by atoms with Gasteiger partial charge in [-0.25, -0.2) is 4.79 Å². The first-order valence-corrected chi connectivity index (χ1v) is 12.1. The number of pyridine rings is 2. The largest absolute Gasteiger partial charge is 0.465 e. The zero-order valence-electron chi connectivity index (χ0n) is 20.4. The van der Waals surface area contributed by atoms with Crippen LogP contribution in [0.4, 0.5) is 0 Å². The monoisotopic (exact) mass is 497 g/mol. The first-order chi connectivity index (χ1) is 17.5. The summed E-state index contributed by atoms with van der Waals surface area (Å²) in [7, 11) is 1.39. The summed E-state index contributed by atoms with van der Waals surface area (Å²) >= 11 is 5.84. The van der Waals surface area contributed by atoms with Crippen LogP contribution in [0.15, 0.2) is 79.3 Å². The molecule has 0 spiro atoms. The van der Waals surface area contributed by atoms with E-state index in [2.05, 4.69) is 50.7 Å².